The lowest BCUT2D eigenvalue weighted by atomic mass is 9.89. The van der Waals surface area contributed by atoms with Gasteiger partial charge in [-0.3, -0.25) is 14.2 Å². The molecule has 3 aromatic heterocycles. The monoisotopic (exact) mass is 413 g/mol. The van der Waals surface area contributed by atoms with Crippen molar-refractivity contribution < 1.29 is 9.53 Å². The van der Waals surface area contributed by atoms with Gasteiger partial charge in [-0.15, -0.1) is 0 Å². The van der Waals surface area contributed by atoms with Crippen molar-refractivity contribution in [2.45, 2.75) is 46.1 Å². The maximum atomic E-state index is 13.3. The molecule has 0 saturated carbocycles. The van der Waals surface area contributed by atoms with Crippen LogP contribution < -0.4 is 5.56 Å². The van der Waals surface area contributed by atoms with Crippen molar-refractivity contribution in [2.75, 3.05) is 0 Å². The van der Waals surface area contributed by atoms with Crippen LogP contribution in [0.4, 0.5) is 0 Å². The Morgan fingerprint density at radius 3 is 2.71 bits per heavy atom. The molecule has 4 aromatic rings. The Labute approximate surface area is 179 Å². The molecule has 1 aromatic carbocycles. The molecule has 0 bridgehead atoms. The number of rotatable bonds is 3. The van der Waals surface area contributed by atoms with E-state index < -0.39 is 0 Å². The average Bonchev–Trinajstić information content (AvgIpc) is 2.75. The molecule has 0 amide bonds. The van der Waals surface area contributed by atoms with E-state index in [-0.39, 0.29) is 18.1 Å². The maximum absolute atomic E-state index is 13.3. The Kier molecular flexibility index (Phi) is 4.77. The predicted molar refractivity (Wildman–Crippen MR) is 118 cm³/mol. The molecule has 6 nitrogen and oxygen atoms in total. The molecule has 5 rings (SSSR count). The molecule has 3 heterocycles. The van der Waals surface area contributed by atoms with E-state index in [0.29, 0.717) is 16.9 Å². The second-order valence-electron chi connectivity index (χ2n) is 8.23. The van der Waals surface area contributed by atoms with Crippen LogP contribution in [-0.4, -0.2) is 20.3 Å². The van der Waals surface area contributed by atoms with Crippen molar-refractivity contribution >= 4 is 22.5 Å². The summed E-state index contributed by atoms with van der Waals surface area (Å²) in [4.78, 5) is 35.0. The van der Waals surface area contributed by atoms with Crippen LogP contribution >= 0.6 is 0 Å². The quantitative estimate of drug-likeness (QED) is 0.473. The number of nitrogens with zero attached hydrogens (tertiary/aromatic N) is 3. The zero-order chi connectivity index (χ0) is 21.5. The summed E-state index contributed by atoms with van der Waals surface area (Å²) in [5.74, 6) is -0.387. The number of hydrogen-bond donors (Lipinski definition) is 0. The summed E-state index contributed by atoms with van der Waals surface area (Å²) in [6.07, 6.45) is 5.52. The van der Waals surface area contributed by atoms with Gasteiger partial charge in [0, 0.05) is 23.3 Å². The maximum Gasteiger partial charge on any atom is 0.339 e. The van der Waals surface area contributed by atoms with Crippen LogP contribution in [0, 0.1) is 13.8 Å². The Morgan fingerprint density at radius 2 is 1.84 bits per heavy atom. The molecule has 0 atom stereocenters. The van der Waals surface area contributed by atoms with E-state index in [4.69, 9.17) is 9.72 Å². The van der Waals surface area contributed by atoms with Crippen LogP contribution in [-0.2, 0) is 24.2 Å². The lowest BCUT2D eigenvalue weighted by Crippen LogP contribution is -2.18. The molecule has 0 radical (unpaired) electrons. The van der Waals surface area contributed by atoms with Gasteiger partial charge in [-0.1, -0.05) is 11.6 Å². The number of esters is 1. The number of fused-ring (bicyclic) bond motifs is 3. The van der Waals surface area contributed by atoms with Gasteiger partial charge in [0.05, 0.1) is 16.8 Å². The number of ether oxygens (including phenoxy) is 1. The molecule has 0 aliphatic heterocycles. The molecule has 0 N–H and O–H groups in total. The first-order chi connectivity index (χ1) is 15.0. The summed E-state index contributed by atoms with van der Waals surface area (Å²) in [6, 6.07) is 11.1. The van der Waals surface area contributed by atoms with Crippen LogP contribution in [0.25, 0.3) is 16.6 Å². The number of pyridine rings is 2. The first kappa shape index (κ1) is 19.4. The first-order valence-electron chi connectivity index (χ1n) is 10.6. The van der Waals surface area contributed by atoms with Gasteiger partial charge in [0.1, 0.15) is 12.3 Å². The van der Waals surface area contributed by atoms with E-state index in [1.807, 2.05) is 44.2 Å². The van der Waals surface area contributed by atoms with Crippen LogP contribution in [0.3, 0.4) is 0 Å². The highest BCUT2D eigenvalue weighted by atomic mass is 16.5. The molecule has 1 aliphatic rings. The molecule has 31 heavy (non-hydrogen) atoms. The number of aryl methyl sites for hydroxylation is 3. The largest absolute Gasteiger partial charge is 0.456 e. The van der Waals surface area contributed by atoms with Gasteiger partial charge in [-0.05, 0) is 74.9 Å². The summed E-state index contributed by atoms with van der Waals surface area (Å²) in [5, 5.41) is 0.827. The summed E-state index contributed by atoms with van der Waals surface area (Å²) in [6.45, 7) is 3.89. The van der Waals surface area contributed by atoms with Gasteiger partial charge in [0.2, 0.25) is 0 Å². The van der Waals surface area contributed by atoms with E-state index >= 15 is 0 Å². The molecule has 0 unspecified atom stereocenters. The second-order valence-corrected chi connectivity index (χ2v) is 8.23. The van der Waals surface area contributed by atoms with Gasteiger partial charge >= 0.3 is 5.97 Å². The standard InChI is InChI=1S/C25H23N3O3/c1-15-7-8-21-19(11-15)24(18-5-3-4-6-20(18)27-21)25(30)31-14-17-13-23(29)28-10-9-16(2)12-22(28)26-17/h7-13H,3-6,14H2,1-2H3. The van der Waals surface area contributed by atoms with Gasteiger partial charge in [-0.2, -0.15) is 0 Å². The molecular formula is C25H23N3O3. The Bertz CT molecular complexity index is 1410. The van der Waals surface area contributed by atoms with Crippen molar-refractivity contribution in [3.63, 3.8) is 0 Å². The van der Waals surface area contributed by atoms with Gasteiger partial charge in [0.25, 0.3) is 5.56 Å². The topological polar surface area (TPSA) is 73.6 Å². The smallest absolute Gasteiger partial charge is 0.339 e. The highest BCUT2D eigenvalue weighted by Gasteiger charge is 2.24. The molecule has 0 saturated heterocycles. The van der Waals surface area contributed by atoms with Gasteiger partial charge in [-0.25, -0.2) is 9.78 Å². The van der Waals surface area contributed by atoms with Gasteiger partial charge < -0.3 is 4.74 Å². The minimum absolute atomic E-state index is 0.0527. The fraction of sp³-hybridized carbons (Fsp3) is 0.280. The van der Waals surface area contributed by atoms with E-state index in [9.17, 15) is 9.59 Å². The minimum atomic E-state index is -0.387. The predicted octanol–water partition coefficient (Wildman–Crippen LogP) is 4.10. The van der Waals surface area contributed by atoms with Crippen molar-refractivity contribution in [1.29, 1.82) is 0 Å². The van der Waals surface area contributed by atoms with Crippen LogP contribution in [0.5, 0.6) is 0 Å². The third-order valence-corrected chi connectivity index (χ3v) is 5.85. The zero-order valence-corrected chi connectivity index (χ0v) is 17.6. The highest BCUT2D eigenvalue weighted by Crippen LogP contribution is 2.30. The second kappa shape index (κ2) is 7.61. The summed E-state index contributed by atoms with van der Waals surface area (Å²) >= 11 is 0. The SMILES string of the molecule is Cc1ccc2nc3c(c(C(=O)OCc4cc(=O)n5ccc(C)cc5n4)c2c1)CCCC3. The molecule has 0 fully saturated rings. The number of aromatic nitrogens is 3. The van der Waals surface area contributed by atoms with Gasteiger partial charge in [0.15, 0.2) is 0 Å². The molecule has 1 aliphatic carbocycles. The van der Waals surface area contributed by atoms with E-state index in [1.54, 1.807) is 6.20 Å². The number of hydrogen-bond acceptors (Lipinski definition) is 5. The number of benzene rings is 1. The van der Waals surface area contributed by atoms with Crippen LogP contribution in [0.2, 0.25) is 0 Å². The van der Waals surface area contributed by atoms with E-state index in [0.717, 1.165) is 59.0 Å². The van der Waals surface area contributed by atoms with Crippen molar-refractivity contribution in [2.24, 2.45) is 0 Å². The number of carbonyl (C=O) groups is 1. The minimum Gasteiger partial charge on any atom is -0.456 e. The fourth-order valence-electron chi connectivity index (χ4n) is 4.31. The summed E-state index contributed by atoms with van der Waals surface area (Å²) in [5.41, 5.74) is 6.27. The normalized spacial score (nSPS) is 13.4. The molecule has 156 valence electrons. The zero-order valence-electron chi connectivity index (χ0n) is 17.6. The Morgan fingerprint density at radius 1 is 1.03 bits per heavy atom. The van der Waals surface area contributed by atoms with E-state index in [1.165, 1.54) is 10.5 Å². The molecule has 6 heteroatoms. The lowest BCUT2D eigenvalue weighted by Gasteiger charge is -2.20. The lowest BCUT2D eigenvalue weighted by molar-refractivity contribution is 0.0468. The first-order valence-corrected chi connectivity index (χ1v) is 10.6. The summed E-state index contributed by atoms with van der Waals surface area (Å²) < 4.78 is 7.17. The van der Waals surface area contributed by atoms with Crippen LogP contribution in [0.15, 0.2) is 47.4 Å². The third-order valence-electron chi connectivity index (χ3n) is 5.85. The van der Waals surface area contributed by atoms with Crippen molar-refractivity contribution in [3.8, 4) is 0 Å². The Hall–Kier alpha value is -3.54. The van der Waals surface area contributed by atoms with Crippen molar-refractivity contribution in [1.82, 2.24) is 14.4 Å². The van der Waals surface area contributed by atoms with Crippen LogP contribution in [0.1, 0.15) is 51.3 Å². The van der Waals surface area contributed by atoms with Crippen molar-refractivity contribution in [3.05, 3.63) is 86.6 Å². The third kappa shape index (κ3) is 3.58. The summed E-state index contributed by atoms with van der Waals surface area (Å²) in [7, 11) is 0. The number of carbonyl (C=O) groups excluding carboxylic acids is 1. The average molecular weight is 413 g/mol. The Balaban J connectivity index is 1.52. The fourth-order valence-corrected chi connectivity index (χ4v) is 4.31. The highest BCUT2D eigenvalue weighted by molar-refractivity contribution is 6.05. The molecule has 0 spiro atoms. The van der Waals surface area contributed by atoms with E-state index in [2.05, 4.69) is 4.98 Å². The molecular weight excluding hydrogens is 390 g/mol.